The van der Waals surface area contributed by atoms with Crippen molar-refractivity contribution in [3.63, 3.8) is 0 Å². The van der Waals surface area contributed by atoms with Crippen LogP contribution in [0.3, 0.4) is 0 Å². The van der Waals surface area contributed by atoms with Crippen LogP contribution in [-0.4, -0.2) is 22.2 Å². The predicted molar refractivity (Wildman–Crippen MR) is 97.0 cm³/mol. The monoisotopic (exact) mass is 322 g/mol. The van der Waals surface area contributed by atoms with Crippen LogP contribution in [0.15, 0.2) is 60.7 Å². The summed E-state index contributed by atoms with van der Waals surface area (Å²) in [6, 6.07) is 22.3. The number of nitriles is 1. The fraction of sp³-hybridized carbons (Fsp3) is 0.381. The van der Waals surface area contributed by atoms with Gasteiger partial charge in [-0.05, 0) is 23.5 Å². The van der Waals surface area contributed by atoms with Crippen LogP contribution in [0, 0.1) is 17.2 Å². The lowest BCUT2D eigenvalue weighted by molar-refractivity contribution is 0.0581. The van der Waals surface area contributed by atoms with Crippen LogP contribution in [-0.2, 0) is 13.1 Å². The molecule has 3 nitrogen and oxygen atoms in total. The van der Waals surface area contributed by atoms with E-state index in [1.54, 1.807) is 0 Å². The molecule has 0 unspecified atom stereocenters. The average molecular weight is 322 g/mol. The quantitative estimate of drug-likeness (QED) is 0.748. The smallest absolute Gasteiger partial charge is 0.155 e. The molecule has 0 aliphatic heterocycles. The third-order valence-electron chi connectivity index (χ3n) is 4.14. The van der Waals surface area contributed by atoms with Gasteiger partial charge in [0, 0.05) is 19.1 Å². The van der Waals surface area contributed by atoms with Gasteiger partial charge in [0.05, 0.1) is 6.07 Å². The number of benzene rings is 2. The second-order valence-electron chi connectivity index (χ2n) is 6.65. The summed E-state index contributed by atoms with van der Waals surface area (Å²) >= 11 is 0. The van der Waals surface area contributed by atoms with E-state index in [2.05, 4.69) is 43.0 Å². The second-order valence-corrected chi connectivity index (χ2v) is 6.65. The molecule has 0 aromatic heterocycles. The molecule has 2 rings (SSSR count). The zero-order valence-electron chi connectivity index (χ0n) is 14.5. The molecule has 0 saturated carbocycles. The van der Waals surface area contributed by atoms with Crippen molar-refractivity contribution in [2.45, 2.75) is 45.5 Å². The lowest BCUT2D eigenvalue weighted by Gasteiger charge is -2.34. The summed E-state index contributed by atoms with van der Waals surface area (Å²) < 4.78 is 0. The number of nitrogens with zero attached hydrogens (tertiary/aromatic N) is 2. The van der Waals surface area contributed by atoms with Gasteiger partial charge >= 0.3 is 0 Å². The van der Waals surface area contributed by atoms with Crippen LogP contribution in [0.2, 0.25) is 0 Å². The third kappa shape index (κ3) is 5.49. The standard InChI is InChI=1S/C21H26N2O/c1-17(2)13-20(21(24)14-22)23(15-18-9-5-3-6-10-18)16-19-11-7-4-8-12-19/h3-12,17,20-21,24H,13,15-16H2,1-2H3/t20-,21+/m0/s1. The van der Waals surface area contributed by atoms with Gasteiger partial charge in [-0.25, -0.2) is 0 Å². The van der Waals surface area contributed by atoms with Gasteiger partial charge in [-0.15, -0.1) is 0 Å². The van der Waals surface area contributed by atoms with E-state index in [1.807, 2.05) is 42.5 Å². The molecule has 2 atom stereocenters. The summed E-state index contributed by atoms with van der Waals surface area (Å²) in [7, 11) is 0. The van der Waals surface area contributed by atoms with Crippen molar-refractivity contribution in [3.05, 3.63) is 71.8 Å². The predicted octanol–water partition coefficient (Wildman–Crippen LogP) is 3.99. The Morgan fingerprint density at radius 2 is 1.38 bits per heavy atom. The Hall–Kier alpha value is -2.15. The third-order valence-corrected chi connectivity index (χ3v) is 4.14. The largest absolute Gasteiger partial charge is 0.376 e. The Morgan fingerprint density at radius 3 is 1.75 bits per heavy atom. The molecule has 2 aromatic carbocycles. The van der Waals surface area contributed by atoms with Gasteiger partial charge in [-0.1, -0.05) is 74.5 Å². The Kier molecular flexibility index (Phi) is 6.99. The molecule has 2 aromatic rings. The zero-order valence-corrected chi connectivity index (χ0v) is 14.5. The van der Waals surface area contributed by atoms with Crippen molar-refractivity contribution in [2.75, 3.05) is 0 Å². The normalized spacial score (nSPS) is 13.7. The van der Waals surface area contributed by atoms with Crippen molar-refractivity contribution in [1.82, 2.24) is 4.90 Å². The Balaban J connectivity index is 2.26. The molecule has 0 amide bonds. The van der Waals surface area contributed by atoms with E-state index in [-0.39, 0.29) is 6.04 Å². The maximum atomic E-state index is 10.3. The van der Waals surface area contributed by atoms with Gasteiger partial charge in [0.1, 0.15) is 0 Å². The molecule has 0 spiro atoms. The van der Waals surface area contributed by atoms with Gasteiger partial charge in [-0.2, -0.15) is 5.26 Å². The highest BCUT2D eigenvalue weighted by molar-refractivity contribution is 5.18. The molecule has 0 aliphatic carbocycles. The van der Waals surface area contributed by atoms with Gasteiger partial charge in [0.15, 0.2) is 6.10 Å². The number of aliphatic hydroxyl groups excluding tert-OH is 1. The van der Waals surface area contributed by atoms with Crippen LogP contribution in [0.1, 0.15) is 31.4 Å². The number of hydrogen-bond acceptors (Lipinski definition) is 3. The van der Waals surface area contributed by atoms with Crippen molar-refractivity contribution in [3.8, 4) is 6.07 Å². The number of hydrogen-bond donors (Lipinski definition) is 1. The van der Waals surface area contributed by atoms with Gasteiger partial charge in [0.2, 0.25) is 0 Å². The minimum atomic E-state index is -0.986. The molecular weight excluding hydrogens is 296 g/mol. The molecule has 0 bridgehead atoms. The van der Waals surface area contributed by atoms with Crippen LogP contribution >= 0.6 is 0 Å². The fourth-order valence-corrected chi connectivity index (χ4v) is 2.97. The Labute approximate surface area is 145 Å². The van der Waals surface area contributed by atoms with E-state index in [9.17, 15) is 10.4 Å². The molecule has 3 heteroatoms. The molecule has 0 aliphatic rings. The number of aliphatic hydroxyl groups is 1. The first-order valence-electron chi connectivity index (χ1n) is 8.49. The van der Waals surface area contributed by atoms with Crippen molar-refractivity contribution in [1.29, 1.82) is 5.26 Å². The van der Waals surface area contributed by atoms with E-state index in [4.69, 9.17) is 0 Å². The zero-order chi connectivity index (χ0) is 17.4. The Morgan fingerprint density at radius 1 is 0.917 bits per heavy atom. The first-order valence-corrected chi connectivity index (χ1v) is 8.49. The molecule has 0 radical (unpaired) electrons. The van der Waals surface area contributed by atoms with Crippen LogP contribution < -0.4 is 0 Å². The fourth-order valence-electron chi connectivity index (χ4n) is 2.97. The van der Waals surface area contributed by atoms with E-state index in [0.717, 1.165) is 6.42 Å². The van der Waals surface area contributed by atoms with E-state index in [1.165, 1.54) is 11.1 Å². The summed E-state index contributed by atoms with van der Waals surface area (Å²) in [5, 5.41) is 19.6. The highest BCUT2D eigenvalue weighted by Crippen LogP contribution is 2.21. The lowest BCUT2D eigenvalue weighted by atomic mass is 9.97. The summed E-state index contributed by atoms with van der Waals surface area (Å²) in [5.74, 6) is 0.409. The summed E-state index contributed by atoms with van der Waals surface area (Å²) in [6.45, 7) is 5.68. The van der Waals surface area contributed by atoms with Crippen molar-refractivity contribution in [2.24, 2.45) is 5.92 Å². The first-order chi connectivity index (χ1) is 11.6. The minimum absolute atomic E-state index is 0.185. The van der Waals surface area contributed by atoms with Crippen LogP contribution in [0.5, 0.6) is 0 Å². The SMILES string of the molecule is CC(C)C[C@@H]([C@H](O)C#N)N(Cc1ccccc1)Cc1ccccc1. The summed E-state index contributed by atoms with van der Waals surface area (Å²) in [5.41, 5.74) is 2.37. The highest BCUT2D eigenvalue weighted by atomic mass is 16.3. The summed E-state index contributed by atoms with van der Waals surface area (Å²) in [6.07, 6.45) is -0.200. The minimum Gasteiger partial charge on any atom is -0.376 e. The molecule has 0 saturated heterocycles. The number of rotatable bonds is 8. The molecular formula is C21H26N2O. The van der Waals surface area contributed by atoms with Crippen LogP contribution in [0.25, 0.3) is 0 Å². The van der Waals surface area contributed by atoms with E-state index in [0.29, 0.717) is 19.0 Å². The van der Waals surface area contributed by atoms with Gasteiger partial charge in [0.25, 0.3) is 0 Å². The molecule has 126 valence electrons. The molecule has 1 N–H and O–H groups in total. The van der Waals surface area contributed by atoms with Crippen molar-refractivity contribution >= 4 is 0 Å². The first kappa shape index (κ1) is 18.2. The molecule has 0 heterocycles. The molecule has 24 heavy (non-hydrogen) atoms. The van der Waals surface area contributed by atoms with E-state index >= 15 is 0 Å². The summed E-state index contributed by atoms with van der Waals surface area (Å²) in [4.78, 5) is 2.22. The lowest BCUT2D eigenvalue weighted by Crippen LogP contribution is -2.43. The Bertz CT molecular complexity index is 592. The van der Waals surface area contributed by atoms with Gasteiger partial charge in [-0.3, -0.25) is 4.90 Å². The maximum absolute atomic E-state index is 10.3. The highest BCUT2D eigenvalue weighted by Gasteiger charge is 2.27. The maximum Gasteiger partial charge on any atom is 0.155 e. The van der Waals surface area contributed by atoms with Gasteiger partial charge < -0.3 is 5.11 Å². The average Bonchev–Trinajstić information content (AvgIpc) is 2.60. The molecule has 0 fully saturated rings. The second kappa shape index (κ2) is 9.22. The van der Waals surface area contributed by atoms with E-state index < -0.39 is 6.10 Å². The van der Waals surface area contributed by atoms with Crippen molar-refractivity contribution < 1.29 is 5.11 Å². The van der Waals surface area contributed by atoms with Crippen LogP contribution in [0.4, 0.5) is 0 Å². The topological polar surface area (TPSA) is 47.3 Å².